The minimum Gasteiger partial charge on any atom is -0.378 e. The summed E-state index contributed by atoms with van der Waals surface area (Å²) in [5, 5.41) is 10.5. The molecule has 20 heavy (non-hydrogen) atoms. The summed E-state index contributed by atoms with van der Waals surface area (Å²) in [5.74, 6) is 1.84. The van der Waals surface area contributed by atoms with Crippen molar-refractivity contribution in [2.45, 2.75) is 0 Å². The summed E-state index contributed by atoms with van der Waals surface area (Å²) in [6.45, 7) is 3.18. The first-order valence-electron chi connectivity index (χ1n) is 6.73. The molecule has 6 nitrogen and oxygen atoms in total. The number of anilines is 2. The molecule has 2 aromatic rings. The molecule has 0 radical (unpaired) electrons. The van der Waals surface area contributed by atoms with E-state index in [0.717, 1.165) is 54.9 Å². The molecule has 0 saturated carbocycles. The summed E-state index contributed by atoms with van der Waals surface area (Å²) in [6.07, 6.45) is 1.82. The van der Waals surface area contributed by atoms with Crippen LogP contribution in [0.1, 0.15) is 5.56 Å². The Labute approximate surface area is 116 Å². The lowest BCUT2D eigenvalue weighted by atomic mass is 10.2. The van der Waals surface area contributed by atoms with E-state index < -0.39 is 0 Å². The normalized spacial score (nSPS) is 17.6. The molecule has 0 amide bonds. The second-order valence-electron chi connectivity index (χ2n) is 4.84. The van der Waals surface area contributed by atoms with Crippen LogP contribution in [0.15, 0.2) is 35.5 Å². The topological polar surface area (TPSA) is 65.5 Å². The molecule has 6 heteroatoms. The van der Waals surface area contributed by atoms with Gasteiger partial charge >= 0.3 is 0 Å². The second-order valence-corrected chi connectivity index (χ2v) is 4.84. The largest absolute Gasteiger partial charge is 0.378 e. The number of aromatic amines is 1. The Morgan fingerprint density at radius 2 is 2.00 bits per heavy atom. The highest BCUT2D eigenvalue weighted by Gasteiger charge is 2.23. The van der Waals surface area contributed by atoms with E-state index in [9.17, 15) is 0 Å². The van der Waals surface area contributed by atoms with Crippen LogP contribution in [-0.2, 0) is 4.74 Å². The Balaban J connectivity index is 1.84. The van der Waals surface area contributed by atoms with Crippen LogP contribution in [0.25, 0.3) is 0 Å². The number of para-hydroxylation sites is 2. The maximum Gasteiger partial charge on any atom is 0.142 e. The third-order valence-corrected chi connectivity index (χ3v) is 3.58. The van der Waals surface area contributed by atoms with Crippen molar-refractivity contribution in [1.29, 1.82) is 0 Å². The number of hydrogen-bond acceptors (Lipinski definition) is 5. The molecule has 102 valence electrons. The van der Waals surface area contributed by atoms with Gasteiger partial charge in [0, 0.05) is 13.1 Å². The van der Waals surface area contributed by atoms with Crippen LogP contribution in [0.5, 0.6) is 0 Å². The van der Waals surface area contributed by atoms with E-state index in [-0.39, 0.29) is 0 Å². The zero-order valence-electron chi connectivity index (χ0n) is 11.0. The first-order valence-corrected chi connectivity index (χ1v) is 6.73. The number of nitrogens with zero attached hydrogens (tertiary/aromatic N) is 3. The first-order chi connectivity index (χ1) is 9.92. The van der Waals surface area contributed by atoms with Gasteiger partial charge in [-0.05, 0) is 12.1 Å². The van der Waals surface area contributed by atoms with Crippen molar-refractivity contribution < 1.29 is 4.74 Å². The van der Waals surface area contributed by atoms with Crippen LogP contribution >= 0.6 is 0 Å². The van der Waals surface area contributed by atoms with Crippen LogP contribution in [-0.4, -0.2) is 47.2 Å². The summed E-state index contributed by atoms with van der Waals surface area (Å²) in [7, 11) is 0. The Kier molecular flexibility index (Phi) is 2.67. The minimum atomic E-state index is 0.737. The molecule has 1 fully saturated rings. The van der Waals surface area contributed by atoms with Gasteiger partial charge in [-0.3, -0.25) is 5.10 Å². The average Bonchev–Trinajstić information content (AvgIpc) is 2.89. The van der Waals surface area contributed by atoms with Gasteiger partial charge in [0.25, 0.3) is 0 Å². The van der Waals surface area contributed by atoms with Crippen LogP contribution in [0.4, 0.5) is 17.2 Å². The lowest BCUT2D eigenvalue weighted by Crippen LogP contribution is -2.41. The SMILES string of the molecule is c1ccc2c(c1)N=C(N1CCOCC1)c1cn[nH]c1N2. The molecule has 1 aromatic carbocycles. The fourth-order valence-corrected chi connectivity index (χ4v) is 2.55. The molecule has 0 aliphatic carbocycles. The molecule has 0 bridgehead atoms. The van der Waals surface area contributed by atoms with Gasteiger partial charge in [-0.2, -0.15) is 5.10 Å². The maximum atomic E-state index is 5.42. The average molecular weight is 269 g/mol. The fourth-order valence-electron chi connectivity index (χ4n) is 2.55. The number of fused-ring (bicyclic) bond motifs is 2. The Hall–Kier alpha value is -2.34. The highest BCUT2D eigenvalue weighted by Crippen LogP contribution is 2.33. The third-order valence-electron chi connectivity index (χ3n) is 3.58. The number of nitrogens with one attached hydrogen (secondary N) is 2. The van der Waals surface area contributed by atoms with Crippen molar-refractivity contribution in [3.05, 3.63) is 36.0 Å². The van der Waals surface area contributed by atoms with Crippen LogP contribution < -0.4 is 5.32 Å². The molecule has 0 spiro atoms. The van der Waals surface area contributed by atoms with Gasteiger partial charge in [0.1, 0.15) is 11.7 Å². The van der Waals surface area contributed by atoms with Crippen molar-refractivity contribution >= 4 is 23.0 Å². The van der Waals surface area contributed by atoms with E-state index in [1.165, 1.54) is 0 Å². The number of H-pyrrole nitrogens is 1. The first kappa shape index (κ1) is 11.5. The summed E-state index contributed by atoms with van der Waals surface area (Å²) >= 11 is 0. The number of aliphatic imine (C=N–C) groups is 1. The number of hydrogen-bond donors (Lipinski definition) is 2. The van der Waals surface area contributed by atoms with Crippen LogP contribution in [0, 0.1) is 0 Å². The standard InChI is InChI=1S/C14H15N5O/c1-2-4-12-11(3-1)16-13-10(9-15-18-13)14(17-12)19-5-7-20-8-6-19/h1-4,9H,5-8H2,(H2,15,16,18). The van der Waals surface area contributed by atoms with Crippen molar-refractivity contribution in [2.75, 3.05) is 31.6 Å². The predicted molar refractivity (Wildman–Crippen MR) is 76.9 cm³/mol. The monoisotopic (exact) mass is 269 g/mol. The summed E-state index contributed by atoms with van der Waals surface area (Å²) < 4.78 is 5.42. The maximum absolute atomic E-state index is 5.42. The molecule has 2 N–H and O–H groups in total. The predicted octanol–water partition coefficient (Wildman–Crippen LogP) is 1.88. The highest BCUT2D eigenvalue weighted by molar-refractivity contribution is 6.06. The molecule has 4 rings (SSSR count). The number of morpholine rings is 1. The van der Waals surface area contributed by atoms with Crippen molar-refractivity contribution in [3.8, 4) is 0 Å². The molecular weight excluding hydrogens is 254 g/mol. The van der Waals surface area contributed by atoms with Crippen molar-refractivity contribution in [2.24, 2.45) is 4.99 Å². The Morgan fingerprint density at radius 1 is 1.15 bits per heavy atom. The second kappa shape index (κ2) is 4.64. The molecule has 2 aliphatic heterocycles. The molecule has 2 aliphatic rings. The number of amidine groups is 1. The highest BCUT2D eigenvalue weighted by atomic mass is 16.5. The summed E-state index contributed by atoms with van der Waals surface area (Å²) in [6, 6.07) is 8.03. The molecule has 0 unspecified atom stereocenters. The van der Waals surface area contributed by atoms with Crippen molar-refractivity contribution in [3.63, 3.8) is 0 Å². The van der Waals surface area contributed by atoms with E-state index in [0.29, 0.717) is 0 Å². The molecule has 1 aromatic heterocycles. The molecular formula is C14H15N5O. The van der Waals surface area contributed by atoms with Gasteiger partial charge in [-0.25, -0.2) is 4.99 Å². The van der Waals surface area contributed by atoms with E-state index in [2.05, 4.69) is 20.4 Å². The number of ether oxygens (including phenoxy) is 1. The molecule has 1 saturated heterocycles. The number of benzene rings is 1. The van der Waals surface area contributed by atoms with Gasteiger partial charge in [0.2, 0.25) is 0 Å². The van der Waals surface area contributed by atoms with E-state index in [1.807, 2.05) is 30.5 Å². The van der Waals surface area contributed by atoms with Crippen LogP contribution in [0.3, 0.4) is 0 Å². The molecule has 3 heterocycles. The minimum absolute atomic E-state index is 0.737. The van der Waals surface area contributed by atoms with Gasteiger partial charge in [-0.15, -0.1) is 0 Å². The molecule has 0 atom stereocenters. The van der Waals surface area contributed by atoms with E-state index in [1.54, 1.807) is 0 Å². The van der Waals surface area contributed by atoms with Gasteiger partial charge in [0.05, 0.1) is 36.3 Å². The lowest BCUT2D eigenvalue weighted by Gasteiger charge is -2.29. The smallest absolute Gasteiger partial charge is 0.142 e. The number of aromatic nitrogens is 2. The van der Waals surface area contributed by atoms with Gasteiger partial charge in [-0.1, -0.05) is 12.1 Å². The van der Waals surface area contributed by atoms with Gasteiger partial charge < -0.3 is 15.0 Å². The lowest BCUT2D eigenvalue weighted by molar-refractivity contribution is 0.0683. The Bertz CT molecular complexity index is 657. The zero-order valence-corrected chi connectivity index (χ0v) is 11.0. The summed E-state index contributed by atoms with van der Waals surface area (Å²) in [5.41, 5.74) is 2.93. The van der Waals surface area contributed by atoms with Crippen LogP contribution in [0.2, 0.25) is 0 Å². The van der Waals surface area contributed by atoms with Gasteiger partial charge in [0.15, 0.2) is 0 Å². The zero-order chi connectivity index (χ0) is 13.4. The Morgan fingerprint density at radius 3 is 2.90 bits per heavy atom. The van der Waals surface area contributed by atoms with Crippen molar-refractivity contribution in [1.82, 2.24) is 15.1 Å². The quantitative estimate of drug-likeness (QED) is 0.766. The van der Waals surface area contributed by atoms with E-state index in [4.69, 9.17) is 9.73 Å². The fraction of sp³-hybridized carbons (Fsp3) is 0.286. The van der Waals surface area contributed by atoms with E-state index >= 15 is 0 Å². The number of rotatable bonds is 0. The third kappa shape index (κ3) is 1.85. The summed E-state index contributed by atoms with van der Waals surface area (Å²) in [4.78, 5) is 7.09.